The lowest BCUT2D eigenvalue weighted by Gasteiger charge is -2.08. The first-order chi connectivity index (χ1) is 7.49. The number of carboxylic acids is 1. The lowest BCUT2D eigenvalue weighted by atomic mass is 10.0. The van der Waals surface area contributed by atoms with E-state index in [4.69, 9.17) is 9.84 Å². The Morgan fingerprint density at radius 2 is 2.25 bits per heavy atom. The zero-order valence-electron chi connectivity index (χ0n) is 9.78. The van der Waals surface area contributed by atoms with E-state index < -0.39 is 5.97 Å². The molecule has 16 heavy (non-hydrogen) atoms. The van der Waals surface area contributed by atoms with Gasteiger partial charge in [-0.05, 0) is 18.3 Å². The van der Waals surface area contributed by atoms with Gasteiger partial charge in [-0.1, -0.05) is 13.8 Å². The minimum Gasteiger partial charge on any atom is -0.480 e. The fourth-order valence-corrected chi connectivity index (χ4v) is 1.74. The first kappa shape index (κ1) is 13.0. The minimum absolute atomic E-state index is 0.0586. The molecule has 1 fully saturated rings. The van der Waals surface area contributed by atoms with Gasteiger partial charge in [-0.25, -0.2) is 4.79 Å². The fraction of sp³-hybridized carbons (Fsp3) is 0.818. The van der Waals surface area contributed by atoms with Crippen LogP contribution in [0.5, 0.6) is 0 Å². The molecule has 0 heterocycles. The molecule has 1 saturated carbocycles. The predicted molar refractivity (Wildman–Crippen MR) is 58.0 cm³/mol. The van der Waals surface area contributed by atoms with Crippen LogP contribution in [0.1, 0.15) is 26.7 Å². The molecule has 1 aliphatic carbocycles. The van der Waals surface area contributed by atoms with Crippen LogP contribution in [0.4, 0.5) is 0 Å². The molecule has 0 aromatic rings. The maximum atomic E-state index is 11.6. The van der Waals surface area contributed by atoms with Crippen molar-refractivity contribution in [2.75, 3.05) is 19.8 Å². The average Bonchev–Trinajstić information content (AvgIpc) is 2.91. The van der Waals surface area contributed by atoms with E-state index in [-0.39, 0.29) is 30.5 Å². The van der Waals surface area contributed by atoms with Crippen LogP contribution in [0, 0.1) is 11.3 Å². The van der Waals surface area contributed by atoms with E-state index in [2.05, 4.69) is 19.2 Å². The Kier molecular flexibility index (Phi) is 4.29. The molecule has 2 atom stereocenters. The van der Waals surface area contributed by atoms with E-state index in [1.54, 1.807) is 0 Å². The Balaban J connectivity index is 2.06. The molecule has 1 rings (SSSR count). The van der Waals surface area contributed by atoms with E-state index in [0.717, 1.165) is 12.8 Å². The third-order valence-electron chi connectivity index (χ3n) is 3.25. The van der Waals surface area contributed by atoms with Crippen molar-refractivity contribution in [3.05, 3.63) is 0 Å². The first-order valence-electron chi connectivity index (χ1n) is 5.57. The van der Waals surface area contributed by atoms with Crippen molar-refractivity contribution in [3.63, 3.8) is 0 Å². The lowest BCUT2D eigenvalue weighted by molar-refractivity contribution is -0.142. The van der Waals surface area contributed by atoms with Gasteiger partial charge in [-0.2, -0.15) is 0 Å². The van der Waals surface area contributed by atoms with Crippen LogP contribution in [-0.2, 0) is 14.3 Å². The van der Waals surface area contributed by atoms with Crippen molar-refractivity contribution in [1.29, 1.82) is 0 Å². The molecule has 0 aromatic carbocycles. The van der Waals surface area contributed by atoms with Gasteiger partial charge in [0.15, 0.2) is 0 Å². The Bertz CT molecular complexity index is 279. The van der Waals surface area contributed by atoms with Crippen LogP contribution >= 0.6 is 0 Å². The summed E-state index contributed by atoms with van der Waals surface area (Å²) in [6.07, 6.45) is 1.96. The van der Waals surface area contributed by atoms with Crippen molar-refractivity contribution < 1.29 is 19.4 Å². The Labute approximate surface area is 95.2 Å². The second kappa shape index (κ2) is 5.30. The Morgan fingerprint density at radius 1 is 1.56 bits per heavy atom. The zero-order valence-corrected chi connectivity index (χ0v) is 9.78. The van der Waals surface area contributed by atoms with E-state index in [1.807, 2.05) is 0 Å². The van der Waals surface area contributed by atoms with Crippen molar-refractivity contribution in [1.82, 2.24) is 5.32 Å². The SMILES string of the molecule is CCC1(C)CC1C(=O)NCCOCC(=O)O. The van der Waals surface area contributed by atoms with Crippen molar-refractivity contribution >= 4 is 11.9 Å². The zero-order chi connectivity index (χ0) is 12.2. The van der Waals surface area contributed by atoms with E-state index >= 15 is 0 Å². The smallest absolute Gasteiger partial charge is 0.329 e. The molecule has 1 amide bonds. The summed E-state index contributed by atoms with van der Waals surface area (Å²) in [7, 11) is 0. The van der Waals surface area contributed by atoms with Crippen LogP contribution in [0.15, 0.2) is 0 Å². The van der Waals surface area contributed by atoms with E-state index in [9.17, 15) is 9.59 Å². The molecule has 0 spiro atoms. The normalized spacial score (nSPS) is 27.5. The standard InChI is InChI=1S/C11H19NO4/c1-3-11(2)6-8(11)10(15)12-4-5-16-7-9(13)14/h8H,3-7H2,1-2H3,(H,12,15)(H,13,14). The highest BCUT2D eigenvalue weighted by molar-refractivity contribution is 5.82. The van der Waals surface area contributed by atoms with Crippen LogP contribution in [0.2, 0.25) is 0 Å². The summed E-state index contributed by atoms with van der Waals surface area (Å²) in [5, 5.41) is 11.1. The molecule has 2 N–H and O–H groups in total. The number of hydrogen-bond acceptors (Lipinski definition) is 3. The molecule has 0 aliphatic heterocycles. The number of aliphatic carboxylic acids is 1. The Morgan fingerprint density at radius 3 is 2.75 bits per heavy atom. The van der Waals surface area contributed by atoms with Gasteiger partial charge < -0.3 is 15.2 Å². The largest absolute Gasteiger partial charge is 0.480 e. The number of hydrogen-bond donors (Lipinski definition) is 2. The maximum absolute atomic E-state index is 11.6. The molecular weight excluding hydrogens is 210 g/mol. The number of carbonyl (C=O) groups excluding carboxylic acids is 1. The lowest BCUT2D eigenvalue weighted by Crippen LogP contribution is -2.30. The quantitative estimate of drug-likeness (QED) is 0.628. The number of carbonyl (C=O) groups is 2. The number of ether oxygens (including phenoxy) is 1. The van der Waals surface area contributed by atoms with Crippen molar-refractivity contribution in [3.8, 4) is 0 Å². The summed E-state index contributed by atoms with van der Waals surface area (Å²) in [5.74, 6) is -0.813. The van der Waals surface area contributed by atoms with Gasteiger partial charge in [0.2, 0.25) is 5.91 Å². The van der Waals surface area contributed by atoms with Gasteiger partial charge in [0.1, 0.15) is 6.61 Å². The molecule has 1 aliphatic rings. The van der Waals surface area contributed by atoms with Crippen molar-refractivity contribution in [2.45, 2.75) is 26.7 Å². The van der Waals surface area contributed by atoms with Gasteiger partial charge in [-0.15, -0.1) is 0 Å². The summed E-state index contributed by atoms with van der Waals surface area (Å²) < 4.78 is 4.81. The third-order valence-corrected chi connectivity index (χ3v) is 3.25. The second-order valence-corrected chi connectivity index (χ2v) is 4.50. The number of amides is 1. The minimum atomic E-state index is -0.993. The molecule has 0 saturated heterocycles. The molecule has 5 heteroatoms. The number of rotatable bonds is 7. The topological polar surface area (TPSA) is 75.6 Å². The summed E-state index contributed by atoms with van der Waals surface area (Å²) in [4.78, 5) is 21.7. The summed E-state index contributed by atoms with van der Waals surface area (Å²) in [6, 6.07) is 0. The number of nitrogens with one attached hydrogen (secondary N) is 1. The van der Waals surface area contributed by atoms with Gasteiger partial charge in [0.25, 0.3) is 0 Å². The number of carboxylic acid groups (broad SMARTS) is 1. The van der Waals surface area contributed by atoms with Crippen molar-refractivity contribution in [2.24, 2.45) is 11.3 Å². The highest BCUT2D eigenvalue weighted by atomic mass is 16.5. The molecule has 0 bridgehead atoms. The highest BCUT2D eigenvalue weighted by Crippen LogP contribution is 2.54. The molecule has 0 radical (unpaired) electrons. The average molecular weight is 229 g/mol. The predicted octanol–water partition coefficient (Wildman–Crippen LogP) is 0.640. The van der Waals surface area contributed by atoms with Gasteiger partial charge >= 0.3 is 5.97 Å². The van der Waals surface area contributed by atoms with Gasteiger partial charge in [0.05, 0.1) is 6.61 Å². The maximum Gasteiger partial charge on any atom is 0.329 e. The summed E-state index contributed by atoms with van der Waals surface area (Å²) in [5.41, 5.74) is 0.173. The van der Waals surface area contributed by atoms with Gasteiger partial charge in [0, 0.05) is 12.5 Å². The molecule has 5 nitrogen and oxygen atoms in total. The molecule has 0 aromatic heterocycles. The van der Waals surface area contributed by atoms with E-state index in [1.165, 1.54) is 0 Å². The second-order valence-electron chi connectivity index (χ2n) is 4.50. The Hall–Kier alpha value is -1.10. The third kappa shape index (κ3) is 3.48. The molecular formula is C11H19NO4. The summed E-state index contributed by atoms with van der Waals surface area (Å²) >= 11 is 0. The monoisotopic (exact) mass is 229 g/mol. The summed E-state index contributed by atoms with van der Waals surface area (Å²) in [6.45, 7) is 4.50. The van der Waals surface area contributed by atoms with Crippen LogP contribution < -0.4 is 5.32 Å². The van der Waals surface area contributed by atoms with Gasteiger partial charge in [-0.3, -0.25) is 4.79 Å². The first-order valence-corrected chi connectivity index (χ1v) is 5.57. The van der Waals surface area contributed by atoms with Crippen LogP contribution in [-0.4, -0.2) is 36.7 Å². The fourth-order valence-electron chi connectivity index (χ4n) is 1.74. The van der Waals surface area contributed by atoms with Crippen LogP contribution in [0.3, 0.4) is 0 Å². The molecule has 92 valence electrons. The van der Waals surface area contributed by atoms with E-state index in [0.29, 0.717) is 6.54 Å². The molecule has 2 unspecified atom stereocenters. The highest BCUT2D eigenvalue weighted by Gasteiger charge is 2.52. The van der Waals surface area contributed by atoms with Crippen LogP contribution in [0.25, 0.3) is 0 Å².